The van der Waals surface area contributed by atoms with Crippen LogP contribution < -0.4 is 5.32 Å². The summed E-state index contributed by atoms with van der Waals surface area (Å²) in [5, 5.41) is 3.50. The molecule has 1 aliphatic heterocycles. The van der Waals surface area contributed by atoms with E-state index in [0.717, 1.165) is 11.3 Å². The molecule has 0 radical (unpaired) electrons. The Bertz CT molecular complexity index is 402. The van der Waals surface area contributed by atoms with Gasteiger partial charge < -0.3 is 10.1 Å². The molecule has 3 nitrogen and oxygen atoms in total. The van der Waals surface area contributed by atoms with Crippen LogP contribution in [0.3, 0.4) is 0 Å². The molecule has 0 unspecified atom stereocenters. The fourth-order valence-electron chi connectivity index (χ4n) is 1.55. The second-order valence-electron chi connectivity index (χ2n) is 4.12. The minimum absolute atomic E-state index is 0.0215. The van der Waals surface area contributed by atoms with Crippen molar-refractivity contribution in [2.24, 2.45) is 5.92 Å². The molecule has 4 heteroatoms. The van der Waals surface area contributed by atoms with Crippen molar-refractivity contribution in [1.29, 1.82) is 0 Å². The zero-order valence-electron chi connectivity index (χ0n) is 9.13. The lowest BCUT2D eigenvalue weighted by Crippen LogP contribution is -2.31. The Kier molecular flexibility index (Phi) is 3.46. The monoisotopic (exact) mass is 239 g/mol. The van der Waals surface area contributed by atoms with Crippen LogP contribution in [-0.4, -0.2) is 19.1 Å². The van der Waals surface area contributed by atoms with E-state index in [1.807, 2.05) is 19.1 Å². The van der Waals surface area contributed by atoms with Gasteiger partial charge in [0.1, 0.15) is 0 Å². The molecule has 1 heterocycles. The smallest absolute Gasteiger partial charge is 0.224 e. The van der Waals surface area contributed by atoms with Gasteiger partial charge in [0, 0.05) is 23.0 Å². The van der Waals surface area contributed by atoms with Crippen molar-refractivity contribution in [3.05, 3.63) is 28.8 Å². The Balaban J connectivity index is 1.92. The zero-order valence-corrected chi connectivity index (χ0v) is 9.88. The van der Waals surface area contributed by atoms with Crippen LogP contribution in [0, 0.1) is 12.8 Å². The number of hydrogen-bond donors (Lipinski definition) is 1. The summed E-state index contributed by atoms with van der Waals surface area (Å²) in [5.74, 6) is 0.397. The predicted molar refractivity (Wildman–Crippen MR) is 63.7 cm³/mol. The third kappa shape index (κ3) is 2.74. The number of ether oxygens (including phenoxy) is 1. The van der Waals surface area contributed by atoms with Crippen molar-refractivity contribution in [2.75, 3.05) is 18.5 Å². The molecule has 2 rings (SSSR count). The first-order valence-corrected chi connectivity index (χ1v) is 5.66. The first-order valence-electron chi connectivity index (χ1n) is 5.29. The molecule has 1 fully saturated rings. The van der Waals surface area contributed by atoms with E-state index in [0.29, 0.717) is 30.6 Å². The minimum atomic E-state index is 0.0215. The minimum Gasteiger partial charge on any atom is -0.381 e. The zero-order chi connectivity index (χ0) is 11.5. The normalized spacial score (nSPS) is 15.6. The standard InChI is InChI=1S/C12H14ClNO2/c1-8-2-3-10(5-11(8)13)14-12(15)4-9-6-16-7-9/h2-3,5,9H,4,6-7H2,1H3,(H,14,15). The van der Waals surface area contributed by atoms with E-state index in [4.69, 9.17) is 16.3 Å². The number of carbonyl (C=O) groups excluding carboxylic acids is 1. The van der Waals surface area contributed by atoms with E-state index in [9.17, 15) is 4.79 Å². The van der Waals surface area contributed by atoms with Gasteiger partial charge in [0.2, 0.25) is 5.91 Å². The molecule has 0 bridgehead atoms. The van der Waals surface area contributed by atoms with Crippen LogP contribution >= 0.6 is 11.6 Å². The summed E-state index contributed by atoms with van der Waals surface area (Å²) in [6.07, 6.45) is 0.519. The number of aryl methyl sites for hydroxylation is 1. The molecule has 0 saturated carbocycles. The van der Waals surface area contributed by atoms with E-state index < -0.39 is 0 Å². The predicted octanol–water partition coefficient (Wildman–Crippen LogP) is 2.62. The summed E-state index contributed by atoms with van der Waals surface area (Å²) in [6.45, 7) is 3.32. The van der Waals surface area contributed by atoms with E-state index >= 15 is 0 Å². The maximum absolute atomic E-state index is 11.6. The molecular formula is C12H14ClNO2. The van der Waals surface area contributed by atoms with Crippen LogP contribution in [0.2, 0.25) is 5.02 Å². The Labute approximate surface area is 99.7 Å². The van der Waals surface area contributed by atoms with Gasteiger partial charge in [-0.3, -0.25) is 4.79 Å². The summed E-state index contributed by atoms with van der Waals surface area (Å²) in [5.41, 5.74) is 1.76. The molecule has 1 aliphatic rings. The molecule has 0 atom stereocenters. The van der Waals surface area contributed by atoms with E-state index in [-0.39, 0.29) is 5.91 Å². The number of halogens is 1. The summed E-state index contributed by atoms with van der Waals surface area (Å²) in [4.78, 5) is 11.6. The Morgan fingerprint density at radius 1 is 1.56 bits per heavy atom. The van der Waals surface area contributed by atoms with Gasteiger partial charge in [-0.15, -0.1) is 0 Å². The lowest BCUT2D eigenvalue weighted by molar-refractivity contribution is -0.121. The van der Waals surface area contributed by atoms with Crippen molar-refractivity contribution in [1.82, 2.24) is 0 Å². The number of hydrogen-bond acceptors (Lipinski definition) is 2. The average molecular weight is 240 g/mol. The van der Waals surface area contributed by atoms with E-state index in [1.165, 1.54) is 0 Å². The van der Waals surface area contributed by atoms with Gasteiger partial charge in [-0.25, -0.2) is 0 Å². The third-order valence-corrected chi connectivity index (χ3v) is 3.04. The molecule has 1 aromatic rings. The second-order valence-corrected chi connectivity index (χ2v) is 4.53. The van der Waals surface area contributed by atoms with Crippen molar-refractivity contribution >= 4 is 23.2 Å². The van der Waals surface area contributed by atoms with Crippen LogP contribution in [0.1, 0.15) is 12.0 Å². The maximum atomic E-state index is 11.6. The molecule has 0 spiro atoms. The highest BCUT2D eigenvalue weighted by atomic mass is 35.5. The van der Waals surface area contributed by atoms with Gasteiger partial charge >= 0.3 is 0 Å². The molecule has 1 aromatic carbocycles. The maximum Gasteiger partial charge on any atom is 0.224 e. The van der Waals surface area contributed by atoms with Crippen molar-refractivity contribution in [3.8, 4) is 0 Å². The lowest BCUT2D eigenvalue weighted by Gasteiger charge is -2.25. The van der Waals surface area contributed by atoms with Crippen molar-refractivity contribution < 1.29 is 9.53 Å². The molecule has 16 heavy (non-hydrogen) atoms. The number of rotatable bonds is 3. The highest BCUT2D eigenvalue weighted by Crippen LogP contribution is 2.21. The third-order valence-electron chi connectivity index (χ3n) is 2.64. The van der Waals surface area contributed by atoms with Gasteiger partial charge in [-0.1, -0.05) is 17.7 Å². The molecule has 86 valence electrons. The largest absolute Gasteiger partial charge is 0.381 e. The van der Waals surface area contributed by atoms with Gasteiger partial charge in [-0.2, -0.15) is 0 Å². The van der Waals surface area contributed by atoms with Crippen molar-refractivity contribution in [2.45, 2.75) is 13.3 Å². The van der Waals surface area contributed by atoms with Crippen LogP contribution in [-0.2, 0) is 9.53 Å². The molecule has 0 aliphatic carbocycles. The fourth-order valence-corrected chi connectivity index (χ4v) is 1.73. The topological polar surface area (TPSA) is 38.3 Å². The number of nitrogens with one attached hydrogen (secondary N) is 1. The van der Waals surface area contributed by atoms with E-state index in [2.05, 4.69) is 5.32 Å². The first kappa shape index (κ1) is 11.4. The highest BCUT2D eigenvalue weighted by molar-refractivity contribution is 6.31. The number of anilines is 1. The quantitative estimate of drug-likeness (QED) is 0.881. The average Bonchev–Trinajstić information content (AvgIpc) is 2.18. The van der Waals surface area contributed by atoms with Gasteiger partial charge in [-0.05, 0) is 24.6 Å². The summed E-state index contributed by atoms with van der Waals surface area (Å²) >= 11 is 5.97. The molecule has 1 N–H and O–H groups in total. The number of benzene rings is 1. The summed E-state index contributed by atoms with van der Waals surface area (Å²) in [6, 6.07) is 5.52. The SMILES string of the molecule is Cc1ccc(NC(=O)CC2COC2)cc1Cl. The van der Waals surface area contributed by atoms with E-state index in [1.54, 1.807) is 6.07 Å². The lowest BCUT2D eigenvalue weighted by atomic mass is 10.0. The Hall–Kier alpha value is -1.06. The number of carbonyl (C=O) groups is 1. The summed E-state index contributed by atoms with van der Waals surface area (Å²) in [7, 11) is 0. The van der Waals surface area contributed by atoms with Crippen LogP contribution in [0.15, 0.2) is 18.2 Å². The fraction of sp³-hybridized carbons (Fsp3) is 0.417. The highest BCUT2D eigenvalue weighted by Gasteiger charge is 2.21. The number of amides is 1. The molecule has 1 saturated heterocycles. The summed E-state index contributed by atoms with van der Waals surface area (Å²) < 4.78 is 5.02. The van der Waals surface area contributed by atoms with Crippen LogP contribution in [0.4, 0.5) is 5.69 Å². The second kappa shape index (κ2) is 4.85. The Morgan fingerprint density at radius 2 is 2.31 bits per heavy atom. The van der Waals surface area contributed by atoms with Crippen LogP contribution in [0.25, 0.3) is 0 Å². The molecular weight excluding hydrogens is 226 g/mol. The van der Waals surface area contributed by atoms with Crippen LogP contribution in [0.5, 0.6) is 0 Å². The van der Waals surface area contributed by atoms with Gasteiger partial charge in [0.05, 0.1) is 13.2 Å². The first-order chi connectivity index (χ1) is 7.65. The molecule has 0 aromatic heterocycles. The van der Waals surface area contributed by atoms with Gasteiger partial charge in [0.15, 0.2) is 0 Å². The Morgan fingerprint density at radius 3 is 2.88 bits per heavy atom. The molecule has 1 amide bonds. The van der Waals surface area contributed by atoms with Crippen molar-refractivity contribution in [3.63, 3.8) is 0 Å². The van der Waals surface area contributed by atoms with Gasteiger partial charge in [0.25, 0.3) is 0 Å².